The Hall–Kier alpha value is -0.650. The third kappa shape index (κ3) is 3.00. The summed E-state index contributed by atoms with van der Waals surface area (Å²) < 4.78 is 4.85. The summed E-state index contributed by atoms with van der Waals surface area (Å²) in [5.41, 5.74) is 5.45. The Morgan fingerprint density at radius 2 is 2.10 bits per heavy atom. The minimum absolute atomic E-state index is 0.250. The summed E-state index contributed by atoms with van der Waals surface area (Å²) in [6.07, 6.45) is 3.73. The lowest BCUT2D eigenvalue weighted by molar-refractivity contribution is -0.146. The van der Waals surface area contributed by atoms with Crippen LogP contribution in [-0.4, -0.2) is 66.7 Å². The van der Waals surface area contributed by atoms with Gasteiger partial charge in [-0.3, -0.25) is 14.6 Å². The molecule has 3 atom stereocenters. The highest BCUT2D eigenvalue weighted by Gasteiger charge is 2.46. The SMILES string of the molecule is CCN(CC)C1CCN(C2CCC(N)(C(=O)OC)C2)C1. The maximum atomic E-state index is 11.8. The van der Waals surface area contributed by atoms with Gasteiger partial charge < -0.3 is 10.5 Å². The van der Waals surface area contributed by atoms with Crippen molar-refractivity contribution in [3.8, 4) is 0 Å². The van der Waals surface area contributed by atoms with Crippen molar-refractivity contribution in [2.45, 2.75) is 57.2 Å². The fourth-order valence-corrected chi connectivity index (χ4v) is 3.89. The van der Waals surface area contributed by atoms with Crippen molar-refractivity contribution in [1.82, 2.24) is 9.80 Å². The van der Waals surface area contributed by atoms with Gasteiger partial charge in [0.2, 0.25) is 0 Å². The van der Waals surface area contributed by atoms with Gasteiger partial charge in [-0.1, -0.05) is 13.8 Å². The number of nitrogens with two attached hydrogens (primary N) is 1. The minimum atomic E-state index is -0.757. The van der Waals surface area contributed by atoms with Crippen LogP contribution in [0, 0.1) is 0 Å². The second-order valence-electron chi connectivity index (χ2n) is 6.20. The summed E-state index contributed by atoms with van der Waals surface area (Å²) in [6.45, 7) is 8.92. The molecule has 2 fully saturated rings. The summed E-state index contributed by atoms with van der Waals surface area (Å²) >= 11 is 0. The van der Waals surface area contributed by atoms with Gasteiger partial charge in [-0.15, -0.1) is 0 Å². The van der Waals surface area contributed by atoms with Crippen molar-refractivity contribution in [2.75, 3.05) is 33.3 Å². The third-order valence-corrected chi connectivity index (χ3v) is 5.16. The number of methoxy groups -OCH3 is 1. The second-order valence-corrected chi connectivity index (χ2v) is 6.20. The molecule has 5 nitrogen and oxygen atoms in total. The van der Waals surface area contributed by atoms with Crippen LogP contribution < -0.4 is 5.73 Å². The fraction of sp³-hybridized carbons (Fsp3) is 0.933. The molecule has 2 rings (SSSR count). The van der Waals surface area contributed by atoms with E-state index in [4.69, 9.17) is 10.5 Å². The molecule has 3 unspecified atom stereocenters. The third-order valence-electron chi connectivity index (χ3n) is 5.16. The van der Waals surface area contributed by atoms with Crippen LogP contribution in [0.2, 0.25) is 0 Å². The summed E-state index contributed by atoms with van der Waals surface area (Å²) in [5.74, 6) is -0.250. The van der Waals surface area contributed by atoms with E-state index < -0.39 is 5.54 Å². The molecule has 1 saturated carbocycles. The average Bonchev–Trinajstić information content (AvgIpc) is 3.07. The molecule has 2 aliphatic rings. The molecular formula is C15H29N3O2. The fourth-order valence-electron chi connectivity index (χ4n) is 3.89. The van der Waals surface area contributed by atoms with Gasteiger partial charge in [0.15, 0.2) is 0 Å². The summed E-state index contributed by atoms with van der Waals surface area (Å²) in [4.78, 5) is 16.8. The van der Waals surface area contributed by atoms with E-state index in [9.17, 15) is 4.79 Å². The standard InChI is InChI=1S/C15H29N3O2/c1-4-17(5-2)13-7-9-18(11-13)12-6-8-15(16,10-12)14(19)20-3/h12-13H,4-11,16H2,1-3H3. The second kappa shape index (κ2) is 6.41. The Labute approximate surface area is 122 Å². The van der Waals surface area contributed by atoms with Crippen molar-refractivity contribution in [1.29, 1.82) is 0 Å². The topological polar surface area (TPSA) is 58.8 Å². The van der Waals surface area contributed by atoms with Crippen molar-refractivity contribution in [3.05, 3.63) is 0 Å². The molecule has 0 spiro atoms. The molecule has 116 valence electrons. The van der Waals surface area contributed by atoms with Gasteiger partial charge in [0, 0.05) is 25.2 Å². The molecule has 5 heteroatoms. The smallest absolute Gasteiger partial charge is 0.325 e. The molecule has 0 aromatic rings. The lowest BCUT2D eigenvalue weighted by atomic mass is 9.99. The Morgan fingerprint density at radius 3 is 2.70 bits per heavy atom. The molecule has 2 N–H and O–H groups in total. The van der Waals surface area contributed by atoms with Crippen molar-refractivity contribution < 1.29 is 9.53 Å². The van der Waals surface area contributed by atoms with Gasteiger partial charge in [-0.05, 0) is 38.8 Å². The minimum Gasteiger partial charge on any atom is -0.468 e. The molecule has 1 saturated heterocycles. The highest BCUT2D eigenvalue weighted by Crippen LogP contribution is 2.34. The zero-order valence-corrected chi connectivity index (χ0v) is 13.1. The lowest BCUT2D eigenvalue weighted by Gasteiger charge is -2.29. The Bertz CT molecular complexity index is 346. The number of carbonyl (C=O) groups is 1. The van der Waals surface area contributed by atoms with Crippen LogP contribution in [0.5, 0.6) is 0 Å². The van der Waals surface area contributed by atoms with Crippen LogP contribution in [0.4, 0.5) is 0 Å². The van der Waals surface area contributed by atoms with Gasteiger partial charge in [0.05, 0.1) is 7.11 Å². The zero-order chi connectivity index (χ0) is 14.8. The van der Waals surface area contributed by atoms with Crippen LogP contribution in [0.25, 0.3) is 0 Å². The van der Waals surface area contributed by atoms with Crippen LogP contribution >= 0.6 is 0 Å². The van der Waals surface area contributed by atoms with E-state index in [1.165, 1.54) is 13.5 Å². The maximum absolute atomic E-state index is 11.8. The Balaban J connectivity index is 1.91. The Kier molecular flexibility index (Phi) is 5.04. The number of carbonyl (C=O) groups excluding carboxylic acids is 1. The van der Waals surface area contributed by atoms with E-state index in [0.29, 0.717) is 12.1 Å². The van der Waals surface area contributed by atoms with E-state index in [1.54, 1.807) is 0 Å². The highest BCUT2D eigenvalue weighted by molar-refractivity contribution is 5.81. The predicted molar refractivity (Wildman–Crippen MR) is 79.5 cm³/mol. The van der Waals surface area contributed by atoms with Gasteiger partial charge >= 0.3 is 5.97 Å². The molecule has 0 radical (unpaired) electrons. The van der Waals surface area contributed by atoms with Crippen molar-refractivity contribution in [2.24, 2.45) is 5.73 Å². The van der Waals surface area contributed by atoms with E-state index in [2.05, 4.69) is 23.6 Å². The first kappa shape index (κ1) is 15.7. The first-order valence-corrected chi connectivity index (χ1v) is 7.89. The van der Waals surface area contributed by atoms with Gasteiger partial charge in [0.25, 0.3) is 0 Å². The summed E-state index contributed by atoms with van der Waals surface area (Å²) in [6, 6.07) is 1.11. The van der Waals surface area contributed by atoms with Crippen LogP contribution in [0.3, 0.4) is 0 Å². The number of likely N-dealkylation sites (N-methyl/N-ethyl adjacent to an activating group) is 1. The molecule has 1 aliphatic heterocycles. The maximum Gasteiger partial charge on any atom is 0.325 e. The predicted octanol–water partition coefficient (Wildman–Crippen LogP) is 0.826. The van der Waals surface area contributed by atoms with E-state index in [1.807, 2.05) is 0 Å². The average molecular weight is 283 g/mol. The number of nitrogens with zero attached hydrogens (tertiary/aromatic N) is 2. The van der Waals surface area contributed by atoms with E-state index >= 15 is 0 Å². The number of ether oxygens (including phenoxy) is 1. The van der Waals surface area contributed by atoms with Crippen LogP contribution in [-0.2, 0) is 9.53 Å². The molecule has 0 aromatic heterocycles. The number of hydrogen-bond acceptors (Lipinski definition) is 5. The van der Waals surface area contributed by atoms with Crippen LogP contribution in [0.1, 0.15) is 39.5 Å². The lowest BCUT2D eigenvalue weighted by Crippen LogP contribution is -2.48. The summed E-state index contributed by atoms with van der Waals surface area (Å²) in [7, 11) is 1.43. The summed E-state index contributed by atoms with van der Waals surface area (Å²) in [5, 5.41) is 0. The van der Waals surface area contributed by atoms with E-state index in [0.717, 1.165) is 45.4 Å². The van der Waals surface area contributed by atoms with Gasteiger partial charge in [-0.25, -0.2) is 0 Å². The highest BCUT2D eigenvalue weighted by atomic mass is 16.5. The zero-order valence-electron chi connectivity index (χ0n) is 13.1. The monoisotopic (exact) mass is 283 g/mol. The van der Waals surface area contributed by atoms with Crippen molar-refractivity contribution >= 4 is 5.97 Å². The van der Waals surface area contributed by atoms with E-state index in [-0.39, 0.29) is 5.97 Å². The Morgan fingerprint density at radius 1 is 1.40 bits per heavy atom. The molecule has 1 heterocycles. The number of hydrogen-bond donors (Lipinski definition) is 1. The molecule has 20 heavy (non-hydrogen) atoms. The number of rotatable bonds is 5. The molecule has 0 amide bonds. The van der Waals surface area contributed by atoms with Crippen molar-refractivity contribution in [3.63, 3.8) is 0 Å². The quantitative estimate of drug-likeness (QED) is 0.757. The molecule has 1 aliphatic carbocycles. The first-order valence-electron chi connectivity index (χ1n) is 7.89. The largest absolute Gasteiger partial charge is 0.468 e. The first-order chi connectivity index (χ1) is 9.54. The molecular weight excluding hydrogens is 254 g/mol. The van der Waals surface area contributed by atoms with Gasteiger partial charge in [0.1, 0.15) is 5.54 Å². The molecule has 0 bridgehead atoms. The number of esters is 1. The van der Waals surface area contributed by atoms with Crippen LogP contribution in [0.15, 0.2) is 0 Å². The normalized spacial score (nSPS) is 34.9. The number of likely N-dealkylation sites (tertiary alicyclic amines) is 1. The molecule has 0 aromatic carbocycles. The van der Waals surface area contributed by atoms with Gasteiger partial charge in [-0.2, -0.15) is 0 Å².